The van der Waals surface area contributed by atoms with Crippen molar-refractivity contribution >= 4 is 6.08 Å². The molecule has 0 saturated heterocycles. The number of hydrogen-bond donors (Lipinski definition) is 0. The summed E-state index contributed by atoms with van der Waals surface area (Å²) >= 11 is 0. The number of nitrogens with zero attached hydrogens (tertiary/aromatic N) is 2. The van der Waals surface area contributed by atoms with Gasteiger partial charge in [-0.2, -0.15) is 4.98 Å². The topological polar surface area (TPSA) is 38.9 Å². The van der Waals surface area contributed by atoms with Gasteiger partial charge in [0, 0.05) is 0 Å². The van der Waals surface area contributed by atoms with Crippen LogP contribution in [-0.2, 0) is 0 Å². The average Bonchev–Trinajstić information content (AvgIpc) is 3.06. The normalized spacial score (nSPS) is 15.6. The molecule has 17 heavy (non-hydrogen) atoms. The van der Waals surface area contributed by atoms with E-state index < -0.39 is 0 Å². The number of benzene rings is 1. The molecule has 0 amide bonds. The highest BCUT2D eigenvalue weighted by atomic mass is 19.1. The SMILES string of the molecule is Fc1ccccc1-c1noc(/C=C/C2CC2)n1. The summed E-state index contributed by atoms with van der Waals surface area (Å²) < 4.78 is 18.5. The van der Waals surface area contributed by atoms with Crippen molar-refractivity contribution in [2.75, 3.05) is 0 Å². The molecule has 86 valence electrons. The summed E-state index contributed by atoms with van der Waals surface area (Å²) in [6, 6.07) is 6.39. The van der Waals surface area contributed by atoms with Crippen LogP contribution >= 0.6 is 0 Å². The van der Waals surface area contributed by atoms with Crippen molar-refractivity contribution in [1.29, 1.82) is 0 Å². The number of rotatable bonds is 3. The van der Waals surface area contributed by atoms with Crippen LogP contribution in [0.3, 0.4) is 0 Å². The fourth-order valence-corrected chi connectivity index (χ4v) is 1.56. The van der Waals surface area contributed by atoms with Crippen molar-refractivity contribution < 1.29 is 8.91 Å². The highest BCUT2D eigenvalue weighted by molar-refractivity contribution is 5.56. The third-order valence-corrected chi connectivity index (χ3v) is 2.69. The zero-order valence-corrected chi connectivity index (χ0v) is 9.14. The molecule has 1 aliphatic carbocycles. The first kappa shape index (κ1) is 10.2. The molecule has 1 aromatic heterocycles. The molecule has 1 heterocycles. The second kappa shape index (κ2) is 4.13. The van der Waals surface area contributed by atoms with Gasteiger partial charge in [0.25, 0.3) is 5.89 Å². The second-order valence-corrected chi connectivity index (χ2v) is 4.13. The Morgan fingerprint density at radius 2 is 2.12 bits per heavy atom. The minimum atomic E-state index is -0.342. The highest BCUT2D eigenvalue weighted by Crippen LogP contribution is 2.30. The lowest BCUT2D eigenvalue weighted by Crippen LogP contribution is -1.85. The van der Waals surface area contributed by atoms with Crippen molar-refractivity contribution in [1.82, 2.24) is 10.1 Å². The van der Waals surface area contributed by atoms with Crippen LogP contribution < -0.4 is 0 Å². The fraction of sp³-hybridized carbons (Fsp3) is 0.231. The highest BCUT2D eigenvalue weighted by Gasteiger charge is 2.18. The largest absolute Gasteiger partial charge is 0.334 e. The molecule has 1 aliphatic rings. The van der Waals surface area contributed by atoms with E-state index in [-0.39, 0.29) is 5.82 Å². The molecule has 0 N–H and O–H groups in total. The molecule has 3 nitrogen and oxygen atoms in total. The van der Waals surface area contributed by atoms with Gasteiger partial charge in [-0.1, -0.05) is 23.4 Å². The first-order chi connectivity index (χ1) is 8.33. The minimum absolute atomic E-state index is 0.290. The van der Waals surface area contributed by atoms with Gasteiger partial charge < -0.3 is 4.52 Å². The van der Waals surface area contributed by atoms with Crippen molar-refractivity contribution in [2.24, 2.45) is 5.92 Å². The predicted octanol–water partition coefficient (Wildman–Crippen LogP) is 3.30. The van der Waals surface area contributed by atoms with Crippen LogP contribution in [0.2, 0.25) is 0 Å². The molecule has 0 atom stereocenters. The van der Waals surface area contributed by atoms with Crippen LogP contribution in [0.5, 0.6) is 0 Å². The number of allylic oxidation sites excluding steroid dienone is 1. The smallest absolute Gasteiger partial charge is 0.250 e. The summed E-state index contributed by atoms with van der Waals surface area (Å²) in [6.07, 6.45) is 6.31. The maximum Gasteiger partial charge on any atom is 0.250 e. The summed E-state index contributed by atoms with van der Waals surface area (Å²) in [7, 11) is 0. The van der Waals surface area contributed by atoms with Crippen molar-refractivity contribution in [3.63, 3.8) is 0 Å². The Kier molecular flexibility index (Phi) is 2.48. The van der Waals surface area contributed by atoms with Gasteiger partial charge in [0.15, 0.2) is 0 Å². The minimum Gasteiger partial charge on any atom is -0.334 e. The van der Waals surface area contributed by atoms with E-state index in [0.29, 0.717) is 23.2 Å². The van der Waals surface area contributed by atoms with E-state index in [1.165, 1.54) is 18.9 Å². The molecule has 1 aromatic carbocycles. The maximum absolute atomic E-state index is 13.5. The monoisotopic (exact) mass is 230 g/mol. The molecular formula is C13H11FN2O. The second-order valence-electron chi connectivity index (χ2n) is 4.13. The standard InChI is InChI=1S/C13H11FN2O/c14-11-4-2-1-3-10(11)13-15-12(17-16-13)8-7-9-5-6-9/h1-4,7-9H,5-6H2/b8-7+. The summed E-state index contributed by atoms with van der Waals surface area (Å²) in [5.74, 6) is 1.03. The number of halogens is 1. The zero-order chi connectivity index (χ0) is 11.7. The zero-order valence-electron chi connectivity index (χ0n) is 9.14. The molecule has 0 aliphatic heterocycles. The quantitative estimate of drug-likeness (QED) is 0.812. The number of hydrogen-bond acceptors (Lipinski definition) is 3. The summed E-state index contributed by atoms with van der Waals surface area (Å²) in [5, 5.41) is 3.77. The average molecular weight is 230 g/mol. The van der Waals surface area contributed by atoms with Crippen LogP contribution in [0, 0.1) is 11.7 Å². The van der Waals surface area contributed by atoms with Gasteiger partial charge in [-0.25, -0.2) is 4.39 Å². The molecule has 0 bridgehead atoms. The molecule has 1 saturated carbocycles. The van der Waals surface area contributed by atoms with Crippen LogP contribution in [0.25, 0.3) is 17.5 Å². The van der Waals surface area contributed by atoms with Gasteiger partial charge in [-0.15, -0.1) is 0 Å². The summed E-state index contributed by atoms with van der Waals surface area (Å²) in [5.41, 5.74) is 0.363. The molecule has 2 aromatic rings. The summed E-state index contributed by atoms with van der Waals surface area (Å²) in [6.45, 7) is 0. The number of aromatic nitrogens is 2. The molecule has 1 fully saturated rings. The van der Waals surface area contributed by atoms with E-state index in [2.05, 4.69) is 16.2 Å². The van der Waals surface area contributed by atoms with Gasteiger partial charge in [-0.3, -0.25) is 0 Å². The Labute approximate surface area is 98.0 Å². The molecule has 0 unspecified atom stereocenters. The van der Waals surface area contributed by atoms with Gasteiger partial charge in [0.1, 0.15) is 5.82 Å². The Balaban J connectivity index is 1.86. The van der Waals surface area contributed by atoms with E-state index >= 15 is 0 Å². The molecule has 3 rings (SSSR count). The third-order valence-electron chi connectivity index (χ3n) is 2.69. The third kappa shape index (κ3) is 2.25. The molecule has 4 heteroatoms. The summed E-state index contributed by atoms with van der Waals surface area (Å²) in [4.78, 5) is 4.14. The molecule has 0 spiro atoms. The first-order valence-corrected chi connectivity index (χ1v) is 5.60. The van der Waals surface area contributed by atoms with E-state index in [4.69, 9.17) is 4.52 Å². The lowest BCUT2D eigenvalue weighted by molar-refractivity contribution is 0.410. The first-order valence-electron chi connectivity index (χ1n) is 5.60. The van der Waals surface area contributed by atoms with Gasteiger partial charge in [0.05, 0.1) is 5.56 Å². The van der Waals surface area contributed by atoms with Gasteiger partial charge in [-0.05, 0) is 37.0 Å². The lowest BCUT2D eigenvalue weighted by Gasteiger charge is -1.94. The van der Waals surface area contributed by atoms with E-state index in [1.807, 2.05) is 0 Å². The Bertz CT molecular complexity index is 558. The Hall–Kier alpha value is -1.97. The lowest BCUT2D eigenvalue weighted by atomic mass is 10.2. The molecular weight excluding hydrogens is 219 g/mol. The van der Waals surface area contributed by atoms with E-state index in [9.17, 15) is 4.39 Å². The Morgan fingerprint density at radius 1 is 1.29 bits per heavy atom. The fourth-order valence-electron chi connectivity index (χ4n) is 1.56. The van der Waals surface area contributed by atoms with E-state index in [1.54, 1.807) is 24.3 Å². The maximum atomic E-state index is 13.5. The molecule has 0 radical (unpaired) electrons. The van der Waals surface area contributed by atoms with Crippen molar-refractivity contribution in [3.8, 4) is 11.4 Å². The van der Waals surface area contributed by atoms with Crippen LogP contribution in [-0.4, -0.2) is 10.1 Å². The Morgan fingerprint density at radius 3 is 2.88 bits per heavy atom. The van der Waals surface area contributed by atoms with Gasteiger partial charge >= 0.3 is 0 Å². The van der Waals surface area contributed by atoms with Crippen LogP contribution in [0.1, 0.15) is 18.7 Å². The van der Waals surface area contributed by atoms with Gasteiger partial charge in [0.2, 0.25) is 5.82 Å². The van der Waals surface area contributed by atoms with Crippen LogP contribution in [0.15, 0.2) is 34.9 Å². The van der Waals surface area contributed by atoms with Crippen LogP contribution in [0.4, 0.5) is 4.39 Å². The van der Waals surface area contributed by atoms with Crippen molar-refractivity contribution in [3.05, 3.63) is 42.0 Å². The predicted molar refractivity (Wildman–Crippen MR) is 61.5 cm³/mol. The van der Waals surface area contributed by atoms with Crippen molar-refractivity contribution in [2.45, 2.75) is 12.8 Å². The van der Waals surface area contributed by atoms with E-state index in [0.717, 1.165) is 0 Å².